The number of carbonyl (C=O) groups excluding carboxylic acids is 3. The molecule has 1 aromatic rings. The van der Waals surface area contributed by atoms with Crippen molar-refractivity contribution in [2.75, 3.05) is 14.2 Å². The Labute approximate surface area is 128 Å². The van der Waals surface area contributed by atoms with Crippen LogP contribution in [0.5, 0.6) is 0 Å². The van der Waals surface area contributed by atoms with Crippen LogP contribution in [0.2, 0.25) is 0 Å². The molecule has 1 rings (SSSR count). The zero-order chi connectivity index (χ0) is 15.1. The third kappa shape index (κ3) is 4.93. The minimum Gasteiger partial charge on any atom is -0.469 e. The summed E-state index contributed by atoms with van der Waals surface area (Å²) in [4.78, 5) is 35.1. The minimum absolute atomic E-state index is 0.0185. The van der Waals surface area contributed by atoms with E-state index < -0.39 is 18.0 Å². The van der Waals surface area contributed by atoms with Crippen LogP contribution in [0.3, 0.4) is 0 Å². The summed E-state index contributed by atoms with van der Waals surface area (Å²) in [5, 5.41) is 2.55. The molecule has 0 aliphatic rings. The molecule has 1 amide bonds. The second kappa shape index (κ2) is 8.01. The molecule has 0 unspecified atom stereocenters. The van der Waals surface area contributed by atoms with E-state index in [1.807, 2.05) is 0 Å². The molecule has 0 aliphatic heterocycles. The van der Waals surface area contributed by atoms with E-state index in [0.29, 0.717) is 4.88 Å². The van der Waals surface area contributed by atoms with Gasteiger partial charge >= 0.3 is 11.9 Å². The summed E-state index contributed by atoms with van der Waals surface area (Å²) in [6, 6.07) is 2.49. The van der Waals surface area contributed by atoms with Crippen LogP contribution < -0.4 is 5.32 Å². The molecule has 0 aliphatic carbocycles. The highest BCUT2D eigenvalue weighted by atomic mass is 79.9. The van der Waals surface area contributed by atoms with E-state index >= 15 is 0 Å². The molecular weight excluding hydrogens is 350 g/mol. The summed E-state index contributed by atoms with van der Waals surface area (Å²) >= 11 is 4.50. The number of carbonyl (C=O) groups is 3. The number of esters is 2. The Morgan fingerprint density at radius 2 is 2.00 bits per heavy atom. The van der Waals surface area contributed by atoms with Gasteiger partial charge in [-0.15, -0.1) is 11.3 Å². The largest absolute Gasteiger partial charge is 0.469 e. The van der Waals surface area contributed by atoms with Crippen molar-refractivity contribution >= 4 is 45.1 Å². The molecule has 0 saturated carbocycles. The average molecular weight is 364 g/mol. The van der Waals surface area contributed by atoms with E-state index in [0.717, 1.165) is 3.79 Å². The maximum atomic E-state index is 12.0. The quantitative estimate of drug-likeness (QED) is 0.778. The van der Waals surface area contributed by atoms with Gasteiger partial charge in [0.05, 0.1) is 22.9 Å². The van der Waals surface area contributed by atoms with Gasteiger partial charge in [0.15, 0.2) is 0 Å². The predicted octanol–water partition coefficient (Wildman–Crippen LogP) is 1.74. The molecule has 0 fully saturated rings. The van der Waals surface area contributed by atoms with Gasteiger partial charge < -0.3 is 14.8 Å². The average Bonchev–Trinajstić information content (AvgIpc) is 2.88. The van der Waals surface area contributed by atoms with Crippen molar-refractivity contribution in [1.29, 1.82) is 0 Å². The van der Waals surface area contributed by atoms with Gasteiger partial charge in [0, 0.05) is 6.42 Å². The molecule has 8 heteroatoms. The zero-order valence-corrected chi connectivity index (χ0v) is 13.4. The Balaban J connectivity index is 2.66. The number of hydrogen-bond acceptors (Lipinski definition) is 6. The highest BCUT2D eigenvalue weighted by Gasteiger charge is 2.23. The van der Waals surface area contributed by atoms with Crippen molar-refractivity contribution < 1.29 is 23.9 Å². The van der Waals surface area contributed by atoms with Crippen molar-refractivity contribution in [3.05, 3.63) is 20.8 Å². The molecule has 1 heterocycles. The van der Waals surface area contributed by atoms with Crippen LogP contribution in [0.4, 0.5) is 0 Å². The summed E-state index contributed by atoms with van der Waals surface area (Å²) in [5.41, 5.74) is 0. The van der Waals surface area contributed by atoms with Gasteiger partial charge in [0.2, 0.25) is 0 Å². The van der Waals surface area contributed by atoms with Crippen LogP contribution in [0.1, 0.15) is 22.5 Å². The molecule has 0 bridgehead atoms. The maximum absolute atomic E-state index is 12.0. The van der Waals surface area contributed by atoms with Gasteiger partial charge in [-0.1, -0.05) is 0 Å². The third-order valence-electron chi connectivity index (χ3n) is 2.45. The second-order valence-corrected chi connectivity index (χ2v) is 6.23. The number of ether oxygens (including phenoxy) is 2. The summed E-state index contributed by atoms with van der Waals surface area (Å²) in [5.74, 6) is -1.44. The van der Waals surface area contributed by atoms with Crippen molar-refractivity contribution in [3.8, 4) is 0 Å². The van der Waals surface area contributed by atoms with Gasteiger partial charge in [-0.3, -0.25) is 9.59 Å². The smallest absolute Gasteiger partial charge is 0.328 e. The molecule has 0 aromatic carbocycles. The second-order valence-electron chi connectivity index (χ2n) is 3.77. The molecule has 1 atom stereocenters. The van der Waals surface area contributed by atoms with Gasteiger partial charge in [0.1, 0.15) is 6.04 Å². The first-order valence-electron chi connectivity index (χ1n) is 5.68. The molecule has 0 spiro atoms. The van der Waals surface area contributed by atoms with E-state index in [-0.39, 0.29) is 18.7 Å². The van der Waals surface area contributed by atoms with Crippen molar-refractivity contribution in [1.82, 2.24) is 5.32 Å². The van der Waals surface area contributed by atoms with Crippen LogP contribution in [0, 0.1) is 0 Å². The van der Waals surface area contributed by atoms with Gasteiger partial charge in [-0.05, 0) is 34.5 Å². The van der Waals surface area contributed by atoms with Crippen LogP contribution in [-0.2, 0) is 19.1 Å². The SMILES string of the molecule is COC(=O)CC[C@H](NC(=O)c1ccc(Br)s1)C(=O)OC. The van der Waals surface area contributed by atoms with Gasteiger partial charge in [-0.2, -0.15) is 0 Å². The number of thiophene rings is 1. The van der Waals surface area contributed by atoms with E-state index in [4.69, 9.17) is 0 Å². The minimum atomic E-state index is -0.882. The third-order valence-corrected chi connectivity index (χ3v) is 4.08. The first-order chi connectivity index (χ1) is 9.47. The first-order valence-corrected chi connectivity index (χ1v) is 7.29. The molecule has 0 radical (unpaired) electrons. The number of hydrogen-bond donors (Lipinski definition) is 1. The maximum Gasteiger partial charge on any atom is 0.328 e. The molecular formula is C12H14BrNO5S. The van der Waals surface area contributed by atoms with Crippen molar-refractivity contribution in [2.45, 2.75) is 18.9 Å². The highest BCUT2D eigenvalue weighted by molar-refractivity contribution is 9.11. The Morgan fingerprint density at radius 3 is 2.50 bits per heavy atom. The summed E-state index contributed by atoms with van der Waals surface area (Å²) in [6.45, 7) is 0. The fraction of sp³-hybridized carbons (Fsp3) is 0.417. The molecule has 1 N–H and O–H groups in total. The molecule has 0 saturated heterocycles. The Kier molecular flexibility index (Phi) is 6.66. The molecule has 20 heavy (non-hydrogen) atoms. The van der Waals surface area contributed by atoms with E-state index in [2.05, 4.69) is 30.7 Å². The van der Waals surface area contributed by atoms with E-state index in [9.17, 15) is 14.4 Å². The molecule has 1 aromatic heterocycles. The number of amides is 1. The lowest BCUT2D eigenvalue weighted by Gasteiger charge is -2.15. The Bertz CT molecular complexity index is 502. The lowest BCUT2D eigenvalue weighted by Crippen LogP contribution is -2.41. The lowest BCUT2D eigenvalue weighted by atomic mass is 10.1. The first kappa shape index (κ1) is 16.6. The monoisotopic (exact) mass is 363 g/mol. The summed E-state index contributed by atoms with van der Waals surface area (Å²) in [7, 11) is 2.48. The van der Waals surface area contributed by atoms with Crippen LogP contribution in [0.15, 0.2) is 15.9 Å². The number of halogens is 1. The van der Waals surface area contributed by atoms with E-state index in [1.165, 1.54) is 25.6 Å². The molecule has 110 valence electrons. The lowest BCUT2D eigenvalue weighted by molar-refractivity contribution is -0.144. The van der Waals surface area contributed by atoms with E-state index in [1.54, 1.807) is 12.1 Å². The Morgan fingerprint density at radius 1 is 1.30 bits per heavy atom. The van der Waals surface area contributed by atoms with Crippen LogP contribution in [0.25, 0.3) is 0 Å². The van der Waals surface area contributed by atoms with Crippen LogP contribution in [-0.4, -0.2) is 38.1 Å². The number of nitrogens with one attached hydrogen (secondary N) is 1. The fourth-order valence-electron chi connectivity index (χ4n) is 1.42. The van der Waals surface area contributed by atoms with Gasteiger partial charge in [-0.25, -0.2) is 4.79 Å². The Hall–Kier alpha value is -1.41. The summed E-state index contributed by atoms with van der Waals surface area (Å²) < 4.78 is 9.92. The number of rotatable bonds is 6. The normalized spacial score (nSPS) is 11.6. The predicted molar refractivity (Wildman–Crippen MR) is 76.5 cm³/mol. The molecule has 6 nitrogen and oxygen atoms in total. The van der Waals surface area contributed by atoms with Crippen molar-refractivity contribution in [3.63, 3.8) is 0 Å². The standard InChI is InChI=1S/C12H14BrNO5S/c1-18-10(15)6-3-7(12(17)19-2)14-11(16)8-4-5-9(13)20-8/h4-5,7H,3,6H2,1-2H3,(H,14,16)/t7-/m0/s1. The summed E-state index contributed by atoms with van der Waals surface area (Å²) in [6.07, 6.45) is 0.141. The number of methoxy groups -OCH3 is 2. The van der Waals surface area contributed by atoms with Crippen molar-refractivity contribution in [2.24, 2.45) is 0 Å². The fourth-order valence-corrected chi connectivity index (χ4v) is 2.71. The van der Waals surface area contributed by atoms with Gasteiger partial charge in [0.25, 0.3) is 5.91 Å². The highest BCUT2D eigenvalue weighted by Crippen LogP contribution is 2.22. The van der Waals surface area contributed by atoms with Crippen LogP contribution >= 0.6 is 27.3 Å². The zero-order valence-electron chi connectivity index (χ0n) is 11.0. The topological polar surface area (TPSA) is 81.7 Å².